The molecule has 0 atom stereocenters. The summed E-state index contributed by atoms with van der Waals surface area (Å²) in [6.07, 6.45) is 0. The lowest BCUT2D eigenvalue weighted by Crippen LogP contribution is -2.07. The van der Waals surface area contributed by atoms with E-state index < -0.39 is 5.97 Å². The number of ether oxygens (including phenoxy) is 1. The Morgan fingerprint density at radius 2 is 2.29 bits per heavy atom. The van der Waals surface area contributed by atoms with E-state index in [4.69, 9.17) is 9.63 Å². The molecule has 1 rings (SSSR count). The first-order valence-corrected chi connectivity index (χ1v) is 4.29. The summed E-state index contributed by atoms with van der Waals surface area (Å²) in [7, 11) is 1.28. The lowest BCUT2D eigenvalue weighted by Gasteiger charge is -2.02. The summed E-state index contributed by atoms with van der Waals surface area (Å²) >= 11 is 0. The highest BCUT2D eigenvalue weighted by Crippen LogP contribution is 2.22. The number of esters is 1. The molecule has 78 valence electrons. The highest BCUT2D eigenvalue weighted by molar-refractivity contribution is 5.91. The van der Waals surface area contributed by atoms with E-state index in [0.29, 0.717) is 5.69 Å². The fourth-order valence-corrected chi connectivity index (χ4v) is 1.16. The van der Waals surface area contributed by atoms with E-state index in [1.165, 1.54) is 7.11 Å². The molecule has 0 unspecified atom stereocenters. The number of aliphatic hydroxyl groups is 1. The first-order valence-electron chi connectivity index (χ1n) is 4.29. The van der Waals surface area contributed by atoms with Gasteiger partial charge in [0.15, 0.2) is 5.76 Å². The molecular weight excluding hydrogens is 186 g/mol. The summed E-state index contributed by atoms with van der Waals surface area (Å²) in [5.74, 6) is -0.326. The second-order valence-electron chi connectivity index (χ2n) is 3.17. The summed E-state index contributed by atoms with van der Waals surface area (Å²) in [4.78, 5) is 11.3. The summed E-state index contributed by atoms with van der Waals surface area (Å²) in [6.45, 7) is 3.40. The molecule has 14 heavy (non-hydrogen) atoms. The van der Waals surface area contributed by atoms with Gasteiger partial charge in [-0.25, -0.2) is 4.79 Å². The predicted octanol–water partition coefficient (Wildman–Crippen LogP) is 1.08. The first kappa shape index (κ1) is 10.7. The topological polar surface area (TPSA) is 72.6 Å². The molecule has 0 saturated heterocycles. The normalized spacial score (nSPS) is 10.6. The SMILES string of the molecule is COC(=O)c1c(C(C)C)noc1CO. The number of methoxy groups -OCH3 is 1. The number of hydrogen-bond donors (Lipinski definition) is 1. The molecule has 5 heteroatoms. The third-order valence-electron chi connectivity index (χ3n) is 1.87. The van der Waals surface area contributed by atoms with Gasteiger partial charge in [0, 0.05) is 0 Å². The highest BCUT2D eigenvalue weighted by atomic mass is 16.5. The maximum Gasteiger partial charge on any atom is 0.343 e. The molecule has 0 bridgehead atoms. The third-order valence-corrected chi connectivity index (χ3v) is 1.87. The Hall–Kier alpha value is -1.36. The number of aromatic nitrogens is 1. The van der Waals surface area contributed by atoms with Gasteiger partial charge < -0.3 is 14.4 Å². The van der Waals surface area contributed by atoms with Crippen LogP contribution in [0.4, 0.5) is 0 Å². The van der Waals surface area contributed by atoms with Gasteiger partial charge in [-0.3, -0.25) is 0 Å². The Kier molecular flexibility index (Phi) is 3.24. The van der Waals surface area contributed by atoms with Gasteiger partial charge in [-0.1, -0.05) is 19.0 Å². The van der Waals surface area contributed by atoms with Crippen LogP contribution in [0.2, 0.25) is 0 Å². The van der Waals surface area contributed by atoms with Crippen LogP contribution in [0.3, 0.4) is 0 Å². The van der Waals surface area contributed by atoms with Crippen molar-refractivity contribution in [3.05, 3.63) is 17.0 Å². The summed E-state index contributed by atoms with van der Waals surface area (Å²) in [5, 5.41) is 12.6. The molecule has 0 aliphatic carbocycles. The van der Waals surface area contributed by atoms with Crippen LogP contribution in [0.5, 0.6) is 0 Å². The monoisotopic (exact) mass is 199 g/mol. The van der Waals surface area contributed by atoms with Gasteiger partial charge in [-0.05, 0) is 5.92 Å². The zero-order chi connectivity index (χ0) is 10.7. The van der Waals surface area contributed by atoms with Crippen LogP contribution in [0, 0.1) is 0 Å². The zero-order valence-corrected chi connectivity index (χ0v) is 8.40. The molecule has 0 aliphatic rings. The molecule has 1 N–H and O–H groups in total. The quantitative estimate of drug-likeness (QED) is 0.737. The van der Waals surface area contributed by atoms with E-state index in [2.05, 4.69) is 9.89 Å². The number of carbonyl (C=O) groups is 1. The van der Waals surface area contributed by atoms with Crippen molar-refractivity contribution >= 4 is 5.97 Å². The molecule has 0 fully saturated rings. The minimum atomic E-state index is -0.529. The van der Waals surface area contributed by atoms with E-state index in [9.17, 15) is 4.79 Å². The van der Waals surface area contributed by atoms with Crippen LogP contribution in [-0.4, -0.2) is 23.3 Å². The first-order chi connectivity index (χ1) is 6.61. The lowest BCUT2D eigenvalue weighted by atomic mass is 10.0. The molecule has 0 aliphatic heterocycles. The standard InChI is InChI=1S/C9H13NO4/c1-5(2)8-7(9(12)13-3)6(4-11)14-10-8/h5,11H,4H2,1-3H3. The maximum atomic E-state index is 11.3. The van der Waals surface area contributed by atoms with E-state index in [1.807, 2.05) is 13.8 Å². The van der Waals surface area contributed by atoms with Crippen LogP contribution >= 0.6 is 0 Å². The Morgan fingerprint density at radius 3 is 2.71 bits per heavy atom. The van der Waals surface area contributed by atoms with Gasteiger partial charge in [0.1, 0.15) is 17.9 Å². The van der Waals surface area contributed by atoms with Crippen LogP contribution in [0.15, 0.2) is 4.52 Å². The van der Waals surface area contributed by atoms with E-state index in [1.54, 1.807) is 0 Å². The smallest absolute Gasteiger partial charge is 0.343 e. The third kappa shape index (κ3) is 1.77. The van der Waals surface area contributed by atoms with Gasteiger partial charge in [0.25, 0.3) is 0 Å². The average molecular weight is 199 g/mol. The molecular formula is C9H13NO4. The Balaban J connectivity index is 3.19. The van der Waals surface area contributed by atoms with Crippen molar-refractivity contribution in [1.29, 1.82) is 0 Å². The van der Waals surface area contributed by atoms with Crippen LogP contribution in [0.25, 0.3) is 0 Å². The van der Waals surface area contributed by atoms with Gasteiger partial charge in [0.05, 0.1) is 7.11 Å². The number of carbonyl (C=O) groups excluding carboxylic acids is 1. The van der Waals surface area contributed by atoms with E-state index in [-0.39, 0.29) is 23.8 Å². The Morgan fingerprint density at radius 1 is 1.64 bits per heavy atom. The second-order valence-corrected chi connectivity index (χ2v) is 3.17. The molecule has 0 aromatic carbocycles. The fraction of sp³-hybridized carbons (Fsp3) is 0.556. The summed E-state index contributed by atoms with van der Waals surface area (Å²) < 4.78 is 9.41. The Bertz CT molecular complexity index is 330. The van der Waals surface area contributed by atoms with Crippen LogP contribution in [-0.2, 0) is 11.3 Å². The number of nitrogens with zero attached hydrogens (tertiary/aromatic N) is 1. The average Bonchev–Trinajstić information content (AvgIpc) is 2.59. The van der Waals surface area contributed by atoms with Crippen molar-refractivity contribution in [1.82, 2.24) is 5.16 Å². The Labute approximate surface area is 81.7 Å². The molecule has 0 spiro atoms. The second kappa shape index (κ2) is 4.23. The van der Waals surface area contributed by atoms with Crippen molar-refractivity contribution < 1.29 is 19.2 Å². The van der Waals surface area contributed by atoms with Crippen molar-refractivity contribution in [3.8, 4) is 0 Å². The molecule has 0 saturated carbocycles. The van der Waals surface area contributed by atoms with Crippen molar-refractivity contribution in [2.75, 3.05) is 7.11 Å². The molecule has 5 nitrogen and oxygen atoms in total. The summed E-state index contributed by atoms with van der Waals surface area (Å²) in [6, 6.07) is 0. The molecule has 0 amide bonds. The summed E-state index contributed by atoms with van der Waals surface area (Å²) in [5.41, 5.74) is 0.755. The lowest BCUT2D eigenvalue weighted by molar-refractivity contribution is 0.0593. The number of rotatable bonds is 3. The molecule has 0 radical (unpaired) electrons. The molecule has 1 aromatic heterocycles. The van der Waals surface area contributed by atoms with Gasteiger partial charge >= 0.3 is 5.97 Å². The highest BCUT2D eigenvalue weighted by Gasteiger charge is 2.24. The van der Waals surface area contributed by atoms with Crippen molar-refractivity contribution in [2.45, 2.75) is 26.4 Å². The largest absolute Gasteiger partial charge is 0.465 e. The van der Waals surface area contributed by atoms with Crippen LogP contribution in [0.1, 0.15) is 41.6 Å². The minimum absolute atomic E-state index is 0.0492. The maximum absolute atomic E-state index is 11.3. The van der Waals surface area contributed by atoms with Crippen molar-refractivity contribution in [3.63, 3.8) is 0 Å². The van der Waals surface area contributed by atoms with Gasteiger partial charge in [-0.15, -0.1) is 0 Å². The predicted molar refractivity (Wildman–Crippen MR) is 47.9 cm³/mol. The number of aliphatic hydroxyl groups excluding tert-OH is 1. The number of hydrogen-bond acceptors (Lipinski definition) is 5. The minimum Gasteiger partial charge on any atom is -0.465 e. The van der Waals surface area contributed by atoms with E-state index >= 15 is 0 Å². The van der Waals surface area contributed by atoms with E-state index in [0.717, 1.165) is 0 Å². The van der Waals surface area contributed by atoms with Crippen molar-refractivity contribution in [2.24, 2.45) is 0 Å². The van der Waals surface area contributed by atoms with Crippen LogP contribution < -0.4 is 0 Å². The molecule has 1 heterocycles. The van der Waals surface area contributed by atoms with Gasteiger partial charge in [0.2, 0.25) is 0 Å². The molecule has 1 aromatic rings. The van der Waals surface area contributed by atoms with Gasteiger partial charge in [-0.2, -0.15) is 0 Å². The fourth-order valence-electron chi connectivity index (χ4n) is 1.16. The zero-order valence-electron chi connectivity index (χ0n) is 8.40.